The molecule has 0 aliphatic carbocycles. The fourth-order valence-electron chi connectivity index (χ4n) is 1.12. The van der Waals surface area contributed by atoms with Crippen LogP contribution in [0.4, 0.5) is 0 Å². The van der Waals surface area contributed by atoms with E-state index in [0.717, 1.165) is 12.5 Å². The van der Waals surface area contributed by atoms with Crippen molar-refractivity contribution in [3.05, 3.63) is 0 Å². The number of rotatable bonds is 6. The maximum absolute atomic E-state index is 5.72. The fraction of sp³-hybridized carbons (Fsp3) is 1.00. The highest BCUT2D eigenvalue weighted by Gasteiger charge is 2.35. The lowest BCUT2D eigenvalue weighted by atomic mass is 10.3. The van der Waals surface area contributed by atoms with E-state index < -0.39 is 14.4 Å². The van der Waals surface area contributed by atoms with E-state index in [9.17, 15) is 0 Å². The first-order valence-electron chi connectivity index (χ1n) is 4.72. The molecular formula is C8H22N2O2Si. The summed E-state index contributed by atoms with van der Waals surface area (Å²) in [6.07, 6.45) is 1.61. The van der Waals surface area contributed by atoms with Crippen LogP contribution < -0.4 is 11.5 Å². The van der Waals surface area contributed by atoms with Crippen LogP contribution >= 0.6 is 0 Å². The van der Waals surface area contributed by atoms with E-state index in [0.29, 0.717) is 6.42 Å². The van der Waals surface area contributed by atoms with Gasteiger partial charge in [0.15, 0.2) is 5.85 Å². The molecule has 4 N–H and O–H groups in total. The second-order valence-electron chi connectivity index (χ2n) is 3.50. The molecule has 0 saturated carbocycles. The van der Waals surface area contributed by atoms with Gasteiger partial charge in [0, 0.05) is 13.5 Å². The molecule has 0 saturated heterocycles. The Morgan fingerprint density at radius 2 is 1.85 bits per heavy atom. The molecule has 0 aromatic heterocycles. The van der Waals surface area contributed by atoms with Crippen molar-refractivity contribution in [2.75, 3.05) is 7.11 Å². The second kappa shape index (κ2) is 5.07. The molecule has 0 aromatic rings. The minimum absolute atomic E-state index is 0.586. The highest BCUT2D eigenvalue weighted by molar-refractivity contribution is 6.66. The molecular weight excluding hydrogens is 184 g/mol. The standard InChI is InChI=1S/C8H22N2O2Si/c1-5-7-13(4,11-3)12-8(9,10)6-2/h5-7,9-10H2,1-4H3. The molecule has 0 amide bonds. The van der Waals surface area contributed by atoms with Gasteiger partial charge < -0.3 is 8.85 Å². The zero-order chi connectivity index (χ0) is 10.5. The zero-order valence-electron chi connectivity index (χ0n) is 9.09. The molecule has 4 nitrogen and oxygen atoms in total. The summed E-state index contributed by atoms with van der Waals surface area (Å²) in [6, 6.07) is 0.916. The van der Waals surface area contributed by atoms with Crippen molar-refractivity contribution in [3.63, 3.8) is 0 Å². The van der Waals surface area contributed by atoms with E-state index >= 15 is 0 Å². The van der Waals surface area contributed by atoms with Crippen LogP contribution in [-0.4, -0.2) is 21.5 Å². The van der Waals surface area contributed by atoms with E-state index in [4.69, 9.17) is 20.3 Å². The average molecular weight is 206 g/mol. The molecule has 0 fully saturated rings. The molecule has 0 aliphatic rings. The summed E-state index contributed by atoms with van der Waals surface area (Å²) in [5, 5.41) is 0. The lowest BCUT2D eigenvalue weighted by Crippen LogP contribution is -2.58. The van der Waals surface area contributed by atoms with E-state index in [1.807, 2.05) is 13.5 Å². The van der Waals surface area contributed by atoms with Gasteiger partial charge in [-0.25, -0.2) is 0 Å². The minimum Gasteiger partial charge on any atom is -0.398 e. The van der Waals surface area contributed by atoms with Crippen molar-refractivity contribution in [1.82, 2.24) is 0 Å². The Bertz CT molecular complexity index is 155. The predicted octanol–water partition coefficient (Wildman–Crippen LogP) is 1.11. The summed E-state index contributed by atoms with van der Waals surface area (Å²) in [5.41, 5.74) is 11.4. The van der Waals surface area contributed by atoms with Crippen LogP contribution in [0.5, 0.6) is 0 Å². The lowest BCUT2D eigenvalue weighted by molar-refractivity contribution is 0.0348. The third-order valence-electron chi connectivity index (χ3n) is 2.09. The van der Waals surface area contributed by atoms with Gasteiger partial charge in [-0.05, 0) is 12.6 Å². The van der Waals surface area contributed by atoms with Gasteiger partial charge in [-0.3, -0.25) is 11.5 Å². The van der Waals surface area contributed by atoms with Gasteiger partial charge in [0.05, 0.1) is 0 Å². The van der Waals surface area contributed by atoms with Gasteiger partial charge in [-0.15, -0.1) is 0 Å². The molecule has 1 unspecified atom stereocenters. The Hall–Kier alpha value is 0.0569. The molecule has 1 atom stereocenters. The SMILES string of the molecule is CCC[Si](C)(OC)OC(N)(N)CC. The van der Waals surface area contributed by atoms with E-state index in [2.05, 4.69) is 6.92 Å². The lowest BCUT2D eigenvalue weighted by Gasteiger charge is -2.34. The van der Waals surface area contributed by atoms with Crippen LogP contribution in [0, 0.1) is 0 Å². The van der Waals surface area contributed by atoms with E-state index in [1.54, 1.807) is 7.11 Å². The van der Waals surface area contributed by atoms with Crippen LogP contribution in [0.25, 0.3) is 0 Å². The maximum Gasteiger partial charge on any atom is 0.337 e. The monoisotopic (exact) mass is 206 g/mol. The quantitative estimate of drug-likeness (QED) is 0.504. The first-order chi connectivity index (χ1) is 5.89. The normalized spacial score (nSPS) is 17.1. The third-order valence-corrected chi connectivity index (χ3v) is 5.18. The fourth-order valence-corrected chi connectivity index (χ4v) is 3.37. The van der Waals surface area contributed by atoms with Crippen molar-refractivity contribution < 1.29 is 8.85 Å². The van der Waals surface area contributed by atoms with Gasteiger partial charge in [0.2, 0.25) is 0 Å². The first kappa shape index (κ1) is 13.1. The van der Waals surface area contributed by atoms with E-state index in [-0.39, 0.29) is 0 Å². The van der Waals surface area contributed by atoms with Crippen LogP contribution in [0.3, 0.4) is 0 Å². The summed E-state index contributed by atoms with van der Waals surface area (Å²) >= 11 is 0. The van der Waals surface area contributed by atoms with Crippen molar-refractivity contribution >= 4 is 8.56 Å². The average Bonchev–Trinajstić information content (AvgIpc) is 2.04. The topological polar surface area (TPSA) is 70.5 Å². The largest absolute Gasteiger partial charge is 0.398 e. The Kier molecular flexibility index (Phi) is 5.09. The van der Waals surface area contributed by atoms with Crippen molar-refractivity contribution in [2.24, 2.45) is 11.5 Å². The van der Waals surface area contributed by atoms with Crippen molar-refractivity contribution in [3.8, 4) is 0 Å². The molecule has 0 rings (SSSR count). The molecule has 0 spiro atoms. The Labute approximate surface area is 81.8 Å². The summed E-state index contributed by atoms with van der Waals surface area (Å²) in [4.78, 5) is 0. The predicted molar refractivity (Wildman–Crippen MR) is 56.2 cm³/mol. The highest BCUT2D eigenvalue weighted by Crippen LogP contribution is 2.19. The summed E-state index contributed by atoms with van der Waals surface area (Å²) in [6.45, 7) is 5.98. The second-order valence-corrected chi connectivity index (χ2v) is 6.88. The smallest absolute Gasteiger partial charge is 0.337 e. The molecule has 0 aliphatic heterocycles. The van der Waals surface area contributed by atoms with Crippen molar-refractivity contribution in [1.29, 1.82) is 0 Å². The number of hydrogen-bond donors (Lipinski definition) is 2. The highest BCUT2D eigenvalue weighted by atomic mass is 28.4. The Balaban J connectivity index is 4.25. The molecule has 0 heterocycles. The van der Waals surface area contributed by atoms with E-state index in [1.165, 1.54) is 0 Å². The van der Waals surface area contributed by atoms with Crippen LogP contribution in [0.2, 0.25) is 12.6 Å². The van der Waals surface area contributed by atoms with Crippen LogP contribution in [-0.2, 0) is 8.85 Å². The maximum atomic E-state index is 5.72. The summed E-state index contributed by atoms with van der Waals surface area (Å²) in [7, 11) is -0.469. The summed E-state index contributed by atoms with van der Waals surface area (Å²) < 4.78 is 11.0. The van der Waals surface area contributed by atoms with Crippen LogP contribution in [0.1, 0.15) is 26.7 Å². The van der Waals surface area contributed by atoms with Gasteiger partial charge in [0.25, 0.3) is 0 Å². The van der Waals surface area contributed by atoms with Crippen LogP contribution in [0.15, 0.2) is 0 Å². The molecule has 0 bridgehead atoms. The van der Waals surface area contributed by atoms with Gasteiger partial charge >= 0.3 is 8.56 Å². The Morgan fingerprint density at radius 3 is 2.15 bits per heavy atom. The third kappa shape index (κ3) is 4.73. The van der Waals surface area contributed by atoms with Gasteiger partial charge in [-0.2, -0.15) is 0 Å². The zero-order valence-corrected chi connectivity index (χ0v) is 10.1. The molecule has 13 heavy (non-hydrogen) atoms. The van der Waals surface area contributed by atoms with Gasteiger partial charge in [-0.1, -0.05) is 20.3 Å². The molecule has 80 valence electrons. The molecule has 0 aromatic carbocycles. The Morgan fingerprint density at radius 1 is 1.31 bits per heavy atom. The minimum atomic E-state index is -2.13. The summed E-state index contributed by atoms with van der Waals surface area (Å²) in [5.74, 6) is -1.04. The van der Waals surface area contributed by atoms with Gasteiger partial charge in [0.1, 0.15) is 0 Å². The number of hydrogen-bond acceptors (Lipinski definition) is 4. The first-order valence-corrected chi connectivity index (χ1v) is 7.24. The molecule has 0 radical (unpaired) electrons. The molecule has 5 heteroatoms. The number of nitrogens with two attached hydrogens (primary N) is 2. The van der Waals surface area contributed by atoms with Crippen molar-refractivity contribution in [2.45, 2.75) is 45.1 Å².